The lowest BCUT2D eigenvalue weighted by Crippen LogP contribution is -2.24. The van der Waals surface area contributed by atoms with E-state index in [2.05, 4.69) is 0 Å². The third-order valence-electron chi connectivity index (χ3n) is 2.83. The van der Waals surface area contributed by atoms with Gasteiger partial charge in [0.15, 0.2) is 0 Å². The molecule has 0 saturated carbocycles. The van der Waals surface area contributed by atoms with E-state index in [0.717, 1.165) is 6.42 Å². The highest BCUT2D eigenvalue weighted by molar-refractivity contribution is 6.33. The molecule has 96 valence electrons. The van der Waals surface area contributed by atoms with Crippen LogP contribution in [0.4, 0.5) is 5.69 Å². The number of carbonyl (C=O) groups is 2. The monoisotopic (exact) mass is 267 g/mol. The Morgan fingerprint density at radius 1 is 1.50 bits per heavy atom. The number of benzene rings is 1. The Morgan fingerprint density at radius 3 is 2.89 bits per heavy atom. The predicted molar refractivity (Wildman–Crippen MR) is 69.0 cm³/mol. The van der Waals surface area contributed by atoms with Crippen LogP contribution in [-0.2, 0) is 9.53 Å². The van der Waals surface area contributed by atoms with Gasteiger partial charge in [0.2, 0.25) is 5.91 Å². The van der Waals surface area contributed by atoms with Crippen LogP contribution in [0.2, 0.25) is 5.02 Å². The van der Waals surface area contributed by atoms with E-state index in [4.69, 9.17) is 16.3 Å². The summed E-state index contributed by atoms with van der Waals surface area (Å²) in [6.07, 6.45) is 1.40. The van der Waals surface area contributed by atoms with Crippen LogP contribution in [0, 0.1) is 0 Å². The maximum atomic E-state index is 11.7. The molecule has 0 spiro atoms. The Bertz CT molecular complexity index is 487. The molecule has 1 fully saturated rings. The quantitative estimate of drug-likeness (QED) is 0.791. The molecule has 0 aliphatic carbocycles. The summed E-state index contributed by atoms with van der Waals surface area (Å²) >= 11 is 5.97. The molecule has 0 unspecified atom stereocenters. The molecule has 1 saturated heterocycles. The van der Waals surface area contributed by atoms with E-state index in [-0.39, 0.29) is 5.91 Å². The lowest BCUT2D eigenvalue weighted by atomic mass is 10.2. The van der Waals surface area contributed by atoms with Crippen LogP contribution in [0.5, 0.6) is 0 Å². The van der Waals surface area contributed by atoms with Gasteiger partial charge in [-0.1, -0.05) is 11.6 Å². The highest BCUT2D eigenvalue weighted by atomic mass is 35.5. The molecular formula is C13H14ClNO3. The Balaban J connectivity index is 2.31. The summed E-state index contributed by atoms with van der Waals surface area (Å²) in [5.74, 6) is -0.386. The van der Waals surface area contributed by atoms with E-state index in [1.807, 2.05) is 0 Å². The van der Waals surface area contributed by atoms with Gasteiger partial charge in [-0.05, 0) is 31.5 Å². The van der Waals surface area contributed by atoms with Crippen LogP contribution < -0.4 is 4.90 Å². The van der Waals surface area contributed by atoms with Gasteiger partial charge in [-0.15, -0.1) is 0 Å². The van der Waals surface area contributed by atoms with Crippen molar-refractivity contribution in [3.8, 4) is 0 Å². The number of esters is 1. The Kier molecular flexibility index (Phi) is 3.87. The van der Waals surface area contributed by atoms with Gasteiger partial charge >= 0.3 is 5.97 Å². The molecule has 1 aromatic rings. The fraction of sp³-hybridized carbons (Fsp3) is 0.385. The minimum atomic E-state index is -0.462. The van der Waals surface area contributed by atoms with Gasteiger partial charge in [0.25, 0.3) is 0 Å². The molecule has 0 N–H and O–H groups in total. The molecule has 1 aliphatic rings. The van der Waals surface area contributed by atoms with Crippen LogP contribution in [0.3, 0.4) is 0 Å². The second kappa shape index (κ2) is 5.40. The largest absolute Gasteiger partial charge is 0.462 e. The van der Waals surface area contributed by atoms with Crippen molar-refractivity contribution in [1.29, 1.82) is 0 Å². The normalized spacial score (nSPS) is 15.0. The van der Waals surface area contributed by atoms with Gasteiger partial charge in [-0.3, -0.25) is 4.79 Å². The maximum Gasteiger partial charge on any atom is 0.339 e. The van der Waals surface area contributed by atoms with Crippen LogP contribution >= 0.6 is 11.6 Å². The summed E-state index contributed by atoms with van der Waals surface area (Å²) in [7, 11) is 0. The first kappa shape index (κ1) is 12.9. The number of anilines is 1. The van der Waals surface area contributed by atoms with Gasteiger partial charge in [-0.25, -0.2) is 4.79 Å². The molecule has 0 aromatic heterocycles. The fourth-order valence-corrected chi connectivity index (χ4v) is 2.16. The molecule has 1 heterocycles. The topological polar surface area (TPSA) is 46.6 Å². The van der Waals surface area contributed by atoms with Crippen molar-refractivity contribution in [2.45, 2.75) is 19.8 Å². The van der Waals surface area contributed by atoms with Crippen LogP contribution in [-0.4, -0.2) is 25.0 Å². The third-order valence-corrected chi connectivity index (χ3v) is 3.16. The van der Waals surface area contributed by atoms with E-state index in [0.29, 0.717) is 35.8 Å². The summed E-state index contributed by atoms with van der Waals surface area (Å²) < 4.78 is 4.93. The minimum absolute atomic E-state index is 0.0760. The zero-order valence-corrected chi connectivity index (χ0v) is 10.9. The number of nitrogens with zero attached hydrogens (tertiary/aromatic N) is 1. The van der Waals surface area contributed by atoms with E-state index in [1.54, 1.807) is 30.0 Å². The summed E-state index contributed by atoms with van der Waals surface area (Å²) in [6, 6.07) is 4.98. The second-order valence-electron chi connectivity index (χ2n) is 4.03. The van der Waals surface area contributed by atoms with E-state index >= 15 is 0 Å². The average Bonchev–Trinajstić information content (AvgIpc) is 2.76. The molecule has 5 heteroatoms. The van der Waals surface area contributed by atoms with Crippen LogP contribution in [0.15, 0.2) is 18.2 Å². The van der Waals surface area contributed by atoms with Crippen molar-refractivity contribution in [1.82, 2.24) is 0 Å². The van der Waals surface area contributed by atoms with Crippen LogP contribution in [0.1, 0.15) is 30.1 Å². The van der Waals surface area contributed by atoms with Gasteiger partial charge in [-0.2, -0.15) is 0 Å². The Hall–Kier alpha value is -1.55. The summed E-state index contributed by atoms with van der Waals surface area (Å²) in [5.41, 5.74) is 1.00. The number of amides is 1. The minimum Gasteiger partial charge on any atom is -0.462 e. The van der Waals surface area contributed by atoms with E-state index < -0.39 is 5.97 Å². The van der Waals surface area contributed by atoms with Crippen molar-refractivity contribution in [2.75, 3.05) is 18.1 Å². The highest BCUT2D eigenvalue weighted by Crippen LogP contribution is 2.27. The molecule has 2 rings (SSSR count). The van der Waals surface area contributed by atoms with Crippen molar-refractivity contribution in [3.63, 3.8) is 0 Å². The SMILES string of the molecule is CCOC(=O)c1cc(N2CCCC2=O)ccc1Cl. The molecule has 4 nitrogen and oxygen atoms in total. The maximum absolute atomic E-state index is 11.7. The standard InChI is InChI=1S/C13H14ClNO3/c1-2-18-13(17)10-8-9(5-6-11(10)14)15-7-3-4-12(15)16/h5-6,8H,2-4,7H2,1H3. The summed E-state index contributed by atoms with van der Waals surface area (Å²) in [6.45, 7) is 2.71. The second-order valence-corrected chi connectivity index (χ2v) is 4.44. The van der Waals surface area contributed by atoms with Crippen molar-refractivity contribution < 1.29 is 14.3 Å². The Labute approximate surface area is 110 Å². The average molecular weight is 268 g/mol. The fourth-order valence-electron chi connectivity index (χ4n) is 1.97. The van der Waals surface area contributed by atoms with E-state index in [1.165, 1.54) is 0 Å². The molecule has 18 heavy (non-hydrogen) atoms. The third kappa shape index (κ3) is 2.48. The summed E-state index contributed by atoms with van der Waals surface area (Å²) in [4.78, 5) is 25.0. The van der Waals surface area contributed by atoms with Gasteiger partial charge < -0.3 is 9.64 Å². The zero-order valence-electron chi connectivity index (χ0n) is 10.1. The first-order valence-electron chi connectivity index (χ1n) is 5.90. The number of carbonyl (C=O) groups excluding carboxylic acids is 2. The number of ether oxygens (including phenoxy) is 1. The molecule has 1 aromatic carbocycles. The Morgan fingerprint density at radius 2 is 2.28 bits per heavy atom. The molecule has 1 aliphatic heterocycles. The van der Waals surface area contributed by atoms with Gasteiger partial charge in [0.05, 0.1) is 17.2 Å². The summed E-state index contributed by atoms with van der Waals surface area (Å²) in [5, 5.41) is 0.337. The molecule has 0 bridgehead atoms. The number of hydrogen-bond acceptors (Lipinski definition) is 3. The van der Waals surface area contributed by atoms with Crippen molar-refractivity contribution in [3.05, 3.63) is 28.8 Å². The molecular weight excluding hydrogens is 254 g/mol. The molecule has 0 radical (unpaired) electrons. The first-order chi connectivity index (χ1) is 8.63. The smallest absolute Gasteiger partial charge is 0.339 e. The molecule has 0 atom stereocenters. The van der Waals surface area contributed by atoms with Gasteiger partial charge in [0, 0.05) is 18.7 Å². The van der Waals surface area contributed by atoms with Crippen molar-refractivity contribution in [2.24, 2.45) is 0 Å². The predicted octanol–water partition coefficient (Wildman–Crippen LogP) is 2.64. The zero-order chi connectivity index (χ0) is 13.1. The number of halogens is 1. The lowest BCUT2D eigenvalue weighted by molar-refractivity contribution is -0.117. The lowest BCUT2D eigenvalue weighted by Gasteiger charge is -2.16. The van der Waals surface area contributed by atoms with Crippen molar-refractivity contribution >= 4 is 29.2 Å². The molecule has 1 amide bonds. The number of rotatable bonds is 3. The van der Waals surface area contributed by atoms with Crippen LogP contribution in [0.25, 0.3) is 0 Å². The highest BCUT2D eigenvalue weighted by Gasteiger charge is 2.23. The van der Waals surface area contributed by atoms with E-state index in [9.17, 15) is 9.59 Å². The number of hydrogen-bond donors (Lipinski definition) is 0. The first-order valence-corrected chi connectivity index (χ1v) is 6.28. The van der Waals surface area contributed by atoms with Gasteiger partial charge in [0.1, 0.15) is 0 Å².